The predicted molar refractivity (Wildman–Crippen MR) is 114 cm³/mol. The van der Waals surface area contributed by atoms with Crippen LogP contribution in [0.3, 0.4) is 0 Å². The fourth-order valence-corrected chi connectivity index (χ4v) is 3.96. The number of hydrogen-bond acceptors (Lipinski definition) is 2. The van der Waals surface area contributed by atoms with E-state index in [0.29, 0.717) is 11.6 Å². The van der Waals surface area contributed by atoms with E-state index >= 15 is 0 Å². The van der Waals surface area contributed by atoms with Crippen molar-refractivity contribution in [3.8, 4) is 0 Å². The van der Waals surface area contributed by atoms with Gasteiger partial charge in [-0.15, -0.1) is 0 Å². The van der Waals surface area contributed by atoms with E-state index in [9.17, 15) is 4.79 Å². The van der Waals surface area contributed by atoms with Crippen LogP contribution in [0.5, 0.6) is 0 Å². The maximum absolute atomic E-state index is 12.8. The highest BCUT2D eigenvalue weighted by atomic mass is 35.5. The Morgan fingerprint density at radius 1 is 1.07 bits per heavy atom. The van der Waals surface area contributed by atoms with Crippen LogP contribution in [-0.4, -0.2) is 28.5 Å². The van der Waals surface area contributed by atoms with E-state index in [4.69, 9.17) is 11.6 Å². The number of fused-ring (bicyclic) bond motifs is 1. The Morgan fingerprint density at radius 3 is 2.61 bits per heavy atom. The number of carbonyl (C=O) groups is 1. The standard InChI is InChI=1S/C23H24ClN3O/c1-16-5-10-20(14-17(16)2)25-22(28)15-27-13-12-26-11-3-4-21(26)23(27)18-6-8-19(24)9-7-18/h3-11,14,23H,12-13,15H2,1-2H3,(H,25,28). The third kappa shape index (κ3) is 3.84. The Hall–Kier alpha value is -2.56. The summed E-state index contributed by atoms with van der Waals surface area (Å²) < 4.78 is 2.26. The van der Waals surface area contributed by atoms with Gasteiger partial charge in [0.15, 0.2) is 0 Å². The minimum absolute atomic E-state index is 0.00206. The molecule has 1 unspecified atom stereocenters. The van der Waals surface area contributed by atoms with Gasteiger partial charge in [-0.05, 0) is 66.9 Å². The molecule has 1 aromatic heterocycles. The molecule has 0 bridgehead atoms. The quantitative estimate of drug-likeness (QED) is 0.691. The molecule has 0 spiro atoms. The number of nitrogens with zero attached hydrogens (tertiary/aromatic N) is 2. The lowest BCUT2D eigenvalue weighted by Crippen LogP contribution is -2.42. The largest absolute Gasteiger partial charge is 0.348 e. The predicted octanol–water partition coefficient (Wildman–Crippen LogP) is 4.80. The van der Waals surface area contributed by atoms with E-state index in [0.717, 1.165) is 24.3 Å². The summed E-state index contributed by atoms with van der Waals surface area (Å²) in [5, 5.41) is 3.76. The molecule has 2 aromatic carbocycles. The maximum Gasteiger partial charge on any atom is 0.238 e. The molecule has 1 amide bonds. The van der Waals surface area contributed by atoms with Crippen LogP contribution in [0.15, 0.2) is 60.8 Å². The minimum Gasteiger partial charge on any atom is -0.348 e. The number of rotatable bonds is 4. The van der Waals surface area contributed by atoms with Crippen LogP contribution in [0.2, 0.25) is 5.02 Å². The lowest BCUT2D eigenvalue weighted by molar-refractivity contribution is -0.117. The third-order valence-corrected chi connectivity index (χ3v) is 5.71. The van der Waals surface area contributed by atoms with E-state index in [1.54, 1.807) is 0 Å². The SMILES string of the molecule is Cc1ccc(NC(=O)CN2CCn3cccc3C2c2ccc(Cl)cc2)cc1C. The average molecular weight is 394 g/mol. The topological polar surface area (TPSA) is 37.3 Å². The number of amides is 1. The Labute approximate surface area is 170 Å². The number of benzene rings is 2. The number of aromatic nitrogens is 1. The zero-order valence-corrected chi connectivity index (χ0v) is 16.9. The second-order valence-electron chi connectivity index (χ2n) is 7.40. The smallest absolute Gasteiger partial charge is 0.238 e. The van der Waals surface area contributed by atoms with Crippen LogP contribution in [0, 0.1) is 13.8 Å². The molecule has 1 atom stereocenters. The van der Waals surface area contributed by atoms with Crippen molar-refractivity contribution in [3.63, 3.8) is 0 Å². The van der Waals surface area contributed by atoms with Gasteiger partial charge in [-0.3, -0.25) is 9.69 Å². The second-order valence-corrected chi connectivity index (χ2v) is 7.83. The van der Waals surface area contributed by atoms with Crippen LogP contribution < -0.4 is 5.32 Å². The summed E-state index contributed by atoms with van der Waals surface area (Å²) in [6.07, 6.45) is 2.10. The molecule has 0 aliphatic carbocycles. The molecule has 1 aliphatic rings. The van der Waals surface area contributed by atoms with E-state index < -0.39 is 0 Å². The van der Waals surface area contributed by atoms with Crippen LogP contribution in [-0.2, 0) is 11.3 Å². The monoisotopic (exact) mass is 393 g/mol. The normalized spacial score (nSPS) is 16.6. The van der Waals surface area contributed by atoms with Crippen molar-refractivity contribution in [1.29, 1.82) is 0 Å². The lowest BCUT2D eigenvalue weighted by atomic mass is 10.00. The van der Waals surface area contributed by atoms with Gasteiger partial charge in [0.1, 0.15) is 0 Å². The Kier molecular flexibility index (Phi) is 5.25. The number of carbonyl (C=O) groups excluding carboxylic acids is 1. The van der Waals surface area contributed by atoms with Gasteiger partial charge in [-0.1, -0.05) is 29.8 Å². The first kappa shape index (κ1) is 18.8. The Bertz CT molecular complexity index is 993. The first-order chi connectivity index (χ1) is 13.5. The van der Waals surface area contributed by atoms with Gasteiger partial charge in [-0.2, -0.15) is 0 Å². The molecule has 4 nitrogen and oxygen atoms in total. The van der Waals surface area contributed by atoms with Crippen LogP contribution >= 0.6 is 11.6 Å². The summed E-state index contributed by atoms with van der Waals surface area (Å²) in [5.41, 5.74) is 5.58. The van der Waals surface area contributed by atoms with Gasteiger partial charge < -0.3 is 9.88 Å². The van der Waals surface area contributed by atoms with Crippen molar-refractivity contribution < 1.29 is 4.79 Å². The molecular weight excluding hydrogens is 370 g/mol. The first-order valence-electron chi connectivity index (χ1n) is 9.53. The van der Waals surface area contributed by atoms with Gasteiger partial charge in [0.25, 0.3) is 0 Å². The molecule has 0 radical (unpaired) electrons. The van der Waals surface area contributed by atoms with Crippen molar-refractivity contribution in [2.45, 2.75) is 26.4 Å². The average Bonchev–Trinajstić information content (AvgIpc) is 3.14. The molecule has 3 aromatic rings. The molecule has 0 saturated carbocycles. The summed E-state index contributed by atoms with van der Waals surface area (Å²) >= 11 is 6.08. The maximum atomic E-state index is 12.8. The molecule has 5 heteroatoms. The molecule has 0 fully saturated rings. The van der Waals surface area contributed by atoms with Gasteiger partial charge in [0.2, 0.25) is 5.91 Å². The van der Waals surface area contributed by atoms with Crippen LogP contribution in [0.4, 0.5) is 5.69 Å². The number of nitrogens with one attached hydrogen (secondary N) is 1. The zero-order chi connectivity index (χ0) is 19.7. The minimum atomic E-state index is 0.00206. The molecule has 1 aliphatic heterocycles. The van der Waals surface area contributed by atoms with Gasteiger partial charge in [-0.25, -0.2) is 0 Å². The van der Waals surface area contributed by atoms with Gasteiger partial charge in [0.05, 0.1) is 12.6 Å². The molecule has 4 rings (SSSR count). The molecule has 1 N–H and O–H groups in total. The summed E-state index contributed by atoms with van der Waals surface area (Å²) in [6, 6.07) is 18.2. The zero-order valence-electron chi connectivity index (χ0n) is 16.2. The molecule has 144 valence electrons. The fraction of sp³-hybridized carbons (Fsp3) is 0.261. The van der Waals surface area contributed by atoms with Crippen molar-refractivity contribution >= 4 is 23.2 Å². The van der Waals surface area contributed by atoms with Crippen molar-refractivity contribution in [1.82, 2.24) is 9.47 Å². The summed E-state index contributed by atoms with van der Waals surface area (Å²) in [4.78, 5) is 15.0. The van der Waals surface area contributed by atoms with Gasteiger partial charge >= 0.3 is 0 Å². The van der Waals surface area contributed by atoms with Gasteiger partial charge in [0, 0.05) is 35.7 Å². The first-order valence-corrected chi connectivity index (χ1v) is 9.91. The number of aryl methyl sites for hydroxylation is 2. The fourth-order valence-electron chi connectivity index (χ4n) is 3.83. The van der Waals surface area contributed by atoms with Crippen molar-refractivity contribution in [2.75, 3.05) is 18.4 Å². The highest BCUT2D eigenvalue weighted by Gasteiger charge is 2.30. The molecule has 0 saturated heterocycles. The number of anilines is 1. The summed E-state index contributed by atoms with van der Waals surface area (Å²) in [5.74, 6) is 0.00206. The van der Waals surface area contributed by atoms with E-state index in [1.165, 1.54) is 16.8 Å². The summed E-state index contributed by atoms with van der Waals surface area (Å²) in [6.45, 7) is 6.16. The van der Waals surface area contributed by atoms with E-state index in [-0.39, 0.29) is 11.9 Å². The van der Waals surface area contributed by atoms with E-state index in [1.807, 2.05) is 42.5 Å². The highest BCUT2D eigenvalue weighted by Crippen LogP contribution is 2.32. The van der Waals surface area contributed by atoms with Crippen molar-refractivity contribution in [2.24, 2.45) is 0 Å². The molecule has 2 heterocycles. The number of halogens is 1. The molecule has 28 heavy (non-hydrogen) atoms. The lowest BCUT2D eigenvalue weighted by Gasteiger charge is -2.37. The Balaban J connectivity index is 1.56. The highest BCUT2D eigenvalue weighted by molar-refractivity contribution is 6.30. The van der Waals surface area contributed by atoms with Crippen molar-refractivity contribution in [3.05, 3.63) is 88.2 Å². The molecular formula is C23H24ClN3O. The van der Waals surface area contributed by atoms with E-state index in [2.05, 4.69) is 47.0 Å². The van der Waals surface area contributed by atoms with Crippen LogP contribution in [0.1, 0.15) is 28.4 Å². The second kappa shape index (κ2) is 7.82. The summed E-state index contributed by atoms with van der Waals surface area (Å²) in [7, 11) is 0. The number of hydrogen-bond donors (Lipinski definition) is 1. The Morgan fingerprint density at radius 2 is 1.86 bits per heavy atom. The van der Waals surface area contributed by atoms with Crippen LogP contribution in [0.25, 0.3) is 0 Å². The third-order valence-electron chi connectivity index (χ3n) is 5.46.